The maximum absolute atomic E-state index is 14.3. The Bertz CT molecular complexity index is 1080. The zero-order chi connectivity index (χ0) is 23.3. The van der Waals surface area contributed by atoms with Crippen LogP contribution in [0.1, 0.15) is 35.7 Å². The van der Waals surface area contributed by atoms with E-state index in [1.165, 1.54) is 30.6 Å². The van der Waals surface area contributed by atoms with Gasteiger partial charge in [0.15, 0.2) is 0 Å². The van der Waals surface area contributed by atoms with Crippen LogP contribution in [0.5, 0.6) is 0 Å². The molecule has 0 aliphatic rings. The predicted octanol–water partition coefficient (Wildman–Crippen LogP) is 3.58. The Kier molecular flexibility index (Phi) is 7.74. The maximum Gasteiger partial charge on any atom is 0.253 e. The van der Waals surface area contributed by atoms with Crippen molar-refractivity contribution in [2.75, 3.05) is 11.9 Å². The van der Waals surface area contributed by atoms with Crippen LogP contribution in [0.25, 0.3) is 11.3 Å². The fraction of sp³-hybridized carbons (Fsp3) is 0.261. The van der Waals surface area contributed by atoms with E-state index in [9.17, 15) is 19.4 Å². The molecule has 32 heavy (non-hydrogen) atoms. The number of nitrogens with one attached hydrogen (secondary N) is 2. The van der Waals surface area contributed by atoms with Crippen LogP contribution in [0.2, 0.25) is 5.02 Å². The number of hydrogen-bond donors (Lipinski definition) is 4. The molecule has 0 saturated carbocycles. The molecule has 1 aromatic carbocycles. The van der Waals surface area contributed by atoms with E-state index in [2.05, 4.69) is 20.6 Å². The zero-order valence-corrected chi connectivity index (χ0v) is 18.3. The fourth-order valence-corrected chi connectivity index (χ4v) is 3.30. The van der Waals surface area contributed by atoms with Gasteiger partial charge in [-0.3, -0.25) is 14.8 Å². The summed E-state index contributed by atoms with van der Waals surface area (Å²) in [4.78, 5) is 20.6. The van der Waals surface area contributed by atoms with Crippen molar-refractivity contribution < 1.29 is 19.4 Å². The minimum atomic E-state index is -1.34. The number of nitrogens with zero attached hydrogens (tertiary/aromatic N) is 2. The average molecular weight is 459 g/mol. The molecular formula is C23H24ClFN4O3. The molecule has 168 valence electrons. The summed E-state index contributed by atoms with van der Waals surface area (Å²) in [6.45, 7) is 3.38. The zero-order valence-electron chi connectivity index (χ0n) is 17.6. The number of halogens is 2. The first kappa shape index (κ1) is 23.6. The highest BCUT2D eigenvalue weighted by Gasteiger charge is 2.23. The molecule has 0 aliphatic heterocycles. The molecule has 3 aromatic rings. The van der Waals surface area contributed by atoms with Crippen molar-refractivity contribution in [3.8, 4) is 11.3 Å². The first-order chi connectivity index (χ1) is 15.3. The van der Waals surface area contributed by atoms with Crippen LogP contribution in [0, 0.1) is 5.82 Å². The lowest BCUT2D eigenvalue weighted by atomic mass is 10.0. The molecule has 2 aromatic heterocycles. The molecule has 0 aliphatic carbocycles. The number of amides is 1. The van der Waals surface area contributed by atoms with E-state index in [0.717, 1.165) is 5.56 Å². The highest BCUT2D eigenvalue weighted by molar-refractivity contribution is 6.30. The third-order valence-corrected chi connectivity index (χ3v) is 5.12. The molecule has 3 rings (SSSR count). The van der Waals surface area contributed by atoms with Crippen molar-refractivity contribution in [2.24, 2.45) is 0 Å². The van der Waals surface area contributed by atoms with E-state index in [1.807, 2.05) is 13.8 Å². The van der Waals surface area contributed by atoms with Crippen LogP contribution in [-0.4, -0.2) is 45.0 Å². The van der Waals surface area contributed by atoms with Gasteiger partial charge in [0.1, 0.15) is 12.0 Å². The van der Waals surface area contributed by atoms with Crippen molar-refractivity contribution in [3.63, 3.8) is 0 Å². The molecule has 0 fully saturated rings. The standard InChI is InChI=1S/C23H24ClFN4O3/c1-13(2)17-11-27-19(16-8-15(24)5-6-18(16)25)9-20(17)28-23(32)21(12-30)29-22(31)14-4-3-7-26-10-14/h3-11,13,21,23,30,32H,12H2,1-2H3,(H,27,28)(H,29,31). The fourth-order valence-electron chi connectivity index (χ4n) is 3.13. The van der Waals surface area contributed by atoms with E-state index in [0.29, 0.717) is 22.0 Å². The molecule has 2 atom stereocenters. The Hall–Kier alpha value is -3.07. The number of anilines is 1. The lowest BCUT2D eigenvalue weighted by Crippen LogP contribution is -2.49. The Morgan fingerprint density at radius 3 is 2.66 bits per heavy atom. The van der Waals surface area contributed by atoms with Crippen LogP contribution in [0.15, 0.2) is 55.0 Å². The molecule has 9 heteroatoms. The van der Waals surface area contributed by atoms with Gasteiger partial charge in [0.25, 0.3) is 5.91 Å². The molecule has 0 bridgehead atoms. The molecule has 2 unspecified atom stereocenters. The molecule has 0 spiro atoms. The van der Waals surface area contributed by atoms with Crippen molar-refractivity contribution in [2.45, 2.75) is 32.0 Å². The minimum Gasteiger partial charge on any atom is -0.394 e. The summed E-state index contributed by atoms with van der Waals surface area (Å²) >= 11 is 6.01. The summed E-state index contributed by atoms with van der Waals surface area (Å²) in [7, 11) is 0. The van der Waals surface area contributed by atoms with Gasteiger partial charge in [-0.05, 0) is 47.9 Å². The van der Waals surface area contributed by atoms with Gasteiger partial charge in [-0.1, -0.05) is 25.4 Å². The Balaban J connectivity index is 1.86. The second kappa shape index (κ2) is 10.5. The maximum atomic E-state index is 14.3. The predicted molar refractivity (Wildman–Crippen MR) is 121 cm³/mol. The number of pyridine rings is 2. The molecule has 2 heterocycles. The van der Waals surface area contributed by atoms with E-state index >= 15 is 0 Å². The Morgan fingerprint density at radius 2 is 2.00 bits per heavy atom. The first-order valence-corrected chi connectivity index (χ1v) is 10.4. The number of carbonyl (C=O) groups is 1. The van der Waals surface area contributed by atoms with Gasteiger partial charge in [-0.25, -0.2) is 4.39 Å². The van der Waals surface area contributed by atoms with Crippen LogP contribution in [0.3, 0.4) is 0 Å². The number of carbonyl (C=O) groups excluding carboxylic acids is 1. The van der Waals surface area contributed by atoms with E-state index < -0.39 is 30.6 Å². The summed E-state index contributed by atoms with van der Waals surface area (Å²) in [6.07, 6.45) is 3.18. The lowest BCUT2D eigenvalue weighted by molar-refractivity contribution is 0.0777. The van der Waals surface area contributed by atoms with Crippen molar-refractivity contribution in [1.82, 2.24) is 15.3 Å². The second-order valence-electron chi connectivity index (χ2n) is 7.53. The normalized spacial score (nSPS) is 13.0. The molecule has 4 N–H and O–H groups in total. The van der Waals surface area contributed by atoms with Gasteiger partial charge in [0, 0.05) is 34.9 Å². The number of benzene rings is 1. The van der Waals surface area contributed by atoms with Gasteiger partial charge >= 0.3 is 0 Å². The summed E-state index contributed by atoms with van der Waals surface area (Å²) in [6, 6.07) is 7.95. The average Bonchev–Trinajstić information content (AvgIpc) is 2.79. The van der Waals surface area contributed by atoms with Crippen LogP contribution in [0.4, 0.5) is 10.1 Å². The monoisotopic (exact) mass is 458 g/mol. The van der Waals surface area contributed by atoms with Gasteiger partial charge in [-0.2, -0.15) is 0 Å². The quantitative estimate of drug-likeness (QED) is 0.384. The topological polar surface area (TPSA) is 107 Å². The van der Waals surface area contributed by atoms with E-state index in [1.54, 1.807) is 24.4 Å². The highest BCUT2D eigenvalue weighted by atomic mass is 35.5. The molecule has 7 nitrogen and oxygen atoms in total. The smallest absolute Gasteiger partial charge is 0.253 e. The SMILES string of the molecule is CC(C)c1cnc(-c2cc(Cl)ccc2F)cc1NC(O)C(CO)NC(=O)c1cccnc1. The van der Waals surface area contributed by atoms with Crippen molar-refractivity contribution in [1.29, 1.82) is 0 Å². The molecular weight excluding hydrogens is 435 g/mol. The highest BCUT2D eigenvalue weighted by Crippen LogP contribution is 2.31. The number of aromatic nitrogens is 2. The number of hydrogen-bond acceptors (Lipinski definition) is 6. The third-order valence-electron chi connectivity index (χ3n) is 4.88. The second-order valence-corrected chi connectivity index (χ2v) is 7.97. The van der Waals surface area contributed by atoms with Gasteiger partial charge in [0.05, 0.1) is 23.9 Å². The molecule has 0 saturated heterocycles. The largest absolute Gasteiger partial charge is 0.394 e. The molecule has 1 amide bonds. The summed E-state index contributed by atoms with van der Waals surface area (Å²) in [5, 5.41) is 26.3. The Morgan fingerprint density at radius 1 is 1.22 bits per heavy atom. The van der Waals surface area contributed by atoms with E-state index in [4.69, 9.17) is 11.6 Å². The Labute approximate surface area is 190 Å². The van der Waals surface area contributed by atoms with Crippen LogP contribution < -0.4 is 10.6 Å². The first-order valence-electron chi connectivity index (χ1n) is 10.0. The lowest BCUT2D eigenvalue weighted by Gasteiger charge is -2.26. The summed E-state index contributed by atoms with van der Waals surface area (Å²) in [5.41, 5.74) is 2.10. The number of aliphatic hydroxyl groups excluding tert-OH is 2. The molecule has 0 radical (unpaired) electrons. The van der Waals surface area contributed by atoms with Gasteiger partial charge in [-0.15, -0.1) is 0 Å². The van der Waals surface area contributed by atoms with Gasteiger partial charge < -0.3 is 20.8 Å². The summed E-state index contributed by atoms with van der Waals surface area (Å²) in [5.74, 6) is -0.936. The van der Waals surface area contributed by atoms with Crippen LogP contribution >= 0.6 is 11.6 Å². The minimum absolute atomic E-state index is 0.0352. The summed E-state index contributed by atoms with van der Waals surface area (Å²) < 4.78 is 14.3. The van der Waals surface area contributed by atoms with Crippen LogP contribution in [-0.2, 0) is 0 Å². The third kappa shape index (κ3) is 5.59. The van der Waals surface area contributed by atoms with E-state index in [-0.39, 0.29) is 11.5 Å². The van der Waals surface area contributed by atoms with Crippen molar-refractivity contribution >= 4 is 23.2 Å². The number of rotatable bonds is 8. The van der Waals surface area contributed by atoms with Crippen molar-refractivity contribution in [3.05, 3.63) is 77.0 Å². The number of aliphatic hydroxyl groups is 2. The van der Waals surface area contributed by atoms with Gasteiger partial charge in [0.2, 0.25) is 0 Å².